The Morgan fingerprint density at radius 2 is 1.80 bits per heavy atom. The molecule has 90 valence electrons. The Balaban J connectivity index is 2.35. The van der Waals surface area contributed by atoms with Crippen LogP contribution >= 0.6 is 0 Å². The summed E-state index contributed by atoms with van der Waals surface area (Å²) in [5, 5.41) is 3.70. The van der Waals surface area contributed by atoms with Gasteiger partial charge in [0.15, 0.2) is 0 Å². The molecule has 1 fully saturated rings. The number of nitrogens with one attached hydrogen (secondary N) is 1. The van der Waals surface area contributed by atoms with Crippen molar-refractivity contribution < 1.29 is 0 Å². The summed E-state index contributed by atoms with van der Waals surface area (Å²) < 4.78 is 0. The number of rotatable bonds is 5. The van der Waals surface area contributed by atoms with Crippen molar-refractivity contribution in [3.63, 3.8) is 0 Å². The molecule has 1 aliphatic carbocycles. The number of hydrogen-bond acceptors (Lipinski definition) is 1. The Kier molecular flexibility index (Phi) is 5.11. The molecule has 0 spiro atoms. The molecule has 15 heavy (non-hydrogen) atoms. The van der Waals surface area contributed by atoms with E-state index >= 15 is 0 Å². The van der Waals surface area contributed by atoms with Crippen molar-refractivity contribution in [2.75, 3.05) is 6.54 Å². The summed E-state index contributed by atoms with van der Waals surface area (Å²) in [7, 11) is 0. The molecule has 0 aromatic carbocycles. The Morgan fingerprint density at radius 3 is 2.27 bits per heavy atom. The first-order valence-electron chi connectivity index (χ1n) is 6.76. The van der Waals surface area contributed by atoms with Crippen molar-refractivity contribution in [2.24, 2.45) is 11.3 Å². The molecule has 1 heteroatoms. The highest BCUT2D eigenvalue weighted by Gasteiger charge is 2.25. The fourth-order valence-electron chi connectivity index (χ4n) is 2.71. The van der Waals surface area contributed by atoms with Crippen LogP contribution in [-0.2, 0) is 0 Å². The molecule has 0 radical (unpaired) electrons. The van der Waals surface area contributed by atoms with Crippen LogP contribution in [0.2, 0.25) is 0 Å². The van der Waals surface area contributed by atoms with Gasteiger partial charge >= 0.3 is 0 Å². The van der Waals surface area contributed by atoms with Crippen LogP contribution in [0.3, 0.4) is 0 Å². The van der Waals surface area contributed by atoms with Gasteiger partial charge < -0.3 is 5.32 Å². The van der Waals surface area contributed by atoms with E-state index in [2.05, 4.69) is 33.0 Å². The van der Waals surface area contributed by atoms with Gasteiger partial charge in [0.2, 0.25) is 0 Å². The lowest BCUT2D eigenvalue weighted by Crippen LogP contribution is -2.35. The average molecular weight is 211 g/mol. The van der Waals surface area contributed by atoms with Gasteiger partial charge in [0.05, 0.1) is 0 Å². The van der Waals surface area contributed by atoms with Crippen LogP contribution in [0.5, 0.6) is 0 Å². The molecule has 0 heterocycles. The zero-order chi connectivity index (χ0) is 11.3. The fraction of sp³-hybridized carbons (Fsp3) is 1.00. The van der Waals surface area contributed by atoms with Gasteiger partial charge in [0.25, 0.3) is 0 Å². The van der Waals surface area contributed by atoms with E-state index < -0.39 is 0 Å². The van der Waals surface area contributed by atoms with E-state index in [1.165, 1.54) is 38.5 Å². The van der Waals surface area contributed by atoms with Gasteiger partial charge in [-0.1, -0.05) is 40.5 Å². The van der Waals surface area contributed by atoms with E-state index in [1.54, 1.807) is 0 Å². The van der Waals surface area contributed by atoms with Crippen LogP contribution < -0.4 is 5.32 Å². The minimum Gasteiger partial charge on any atom is -0.314 e. The first-order valence-corrected chi connectivity index (χ1v) is 6.76. The van der Waals surface area contributed by atoms with E-state index in [0.717, 1.165) is 18.5 Å². The molecule has 0 bridgehead atoms. The molecule has 0 aliphatic heterocycles. The zero-order valence-electron chi connectivity index (χ0n) is 11.1. The zero-order valence-corrected chi connectivity index (χ0v) is 11.1. The molecule has 1 N–H and O–H groups in total. The average Bonchev–Trinajstić information content (AvgIpc) is 2.63. The standard InChI is InChI=1S/C14H29N/c1-5-15-13(10-11-14(2,3)4)12-8-6-7-9-12/h12-13,15H,5-11H2,1-4H3. The maximum absolute atomic E-state index is 3.70. The highest BCUT2D eigenvalue weighted by atomic mass is 14.9. The minimum absolute atomic E-state index is 0.492. The van der Waals surface area contributed by atoms with E-state index in [9.17, 15) is 0 Å². The highest BCUT2D eigenvalue weighted by Crippen LogP contribution is 2.31. The van der Waals surface area contributed by atoms with Gasteiger partial charge in [-0.25, -0.2) is 0 Å². The third kappa shape index (κ3) is 5.01. The lowest BCUT2D eigenvalue weighted by molar-refractivity contribution is 0.281. The largest absolute Gasteiger partial charge is 0.314 e. The molecular formula is C14H29N. The van der Waals surface area contributed by atoms with Crippen LogP contribution in [0.4, 0.5) is 0 Å². The van der Waals surface area contributed by atoms with Crippen molar-refractivity contribution in [3.8, 4) is 0 Å². The van der Waals surface area contributed by atoms with Crippen molar-refractivity contribution in [1.29, 1.82) is 0 Å². The summed E-state index contributed by atoms with van der Waals surface area (Å²) in [6.45, 7) is 10.4. The molecule has 1 saturated carbocycles. The highest BCUT2D eigenvalue weighted by molar-refractivity contribution is 4.81. The predicted octanol–water partition coefficient (Wildman–Crippen LogP) is 3.98. The Hall–Kier alpha value is -0.0400. The van der Waals surface area contributed by atoms with Gasteiger partial charge in [-0.15, -0.1) is 0 Å². The van der Waals surface area contributed by atoms with E-state index in [1.807, 2.05) is 0 Å². The van der Waals surface area contributed by atoms with Gasteiger partial charge in [0.1, 0.15) is 0 Å². The molecule has 0 amide bonds. The molecule has 0 aromatic heterocycles. The van der Waals surface area contributed by atoms with Crippen LogP contribution in [0.25, 0.3) is 0 Å². The third-order valence-electron chi connectivity index (χ3n) is 3.64. The molecule has 1 atom stereocenters. The Labute approximate surface area is 96.0 Å². The predicted molar refractivity (Wildman–Crippen MR) is 68.1 cm³/mol. The summed E-state index contributed by atoms with van der Waals surface area (Å²) in [6, 6.07) is 0.789. The Bertz CT molecular complexity index is 163. The first-order chi connectivity index (χ1) is 7.03. The SMILES string of the molecule is CCNC(CCC(C)(C)C)C1CCCC1. The van der Waals surface area contributed by atoms with Crippen molar-refractivity contribution in [1.82, 2.24) is 5.32 Å². The summed E-state index contributed by atoms with van der Waals surface area (Å²) in [5.74, 6) is 0.965. The lowest BCUT2D eigenvalue weighted by atomic mass is 9.85. The Morgan fingerprint density at radius 1 is 1.20 bits per heavy atom. The lowest BCUT2D eigenvalue weighted by Gasteiger charge is -2.28. The van der Waals surface area contributed by atoms with Gasteiger partial charge in [-0.2, -0.15) is 0 Å². The van der Waals surface area contributed by atoms with Gasteiger partial charge in [0, 0.05) is 6.04 Å². The summed E-state index contributed by atoms with van der Waals surface area (Å²) >= 11 is 0. The maximum Gasteiger partial charge on any atom is 0.00954 e. The quantitative estimate of drug-likeness (QED) is 0.725. The minimum atomic E-state index is 0.492. The molecule has 0 aromatic rings. The van der Waals surface area contributed by atoms with Crippen molar-refractivity contribution >= 4 is 0 Å². The van der Waals surface area contributed by atoms with E-state index in [0.29, 0.717) is 5.41 Å². The smallest absolute Gasteiger partial charge is 0.00954 e. The third-order valence-corrected chi connectivity index (χ3v) is 3.64. The fourth-order valence-corrected chi connectivity index (χ4v) is 2.71. The van der Waals surface area contributed by atoms with Crippen molar-refractivity contribution in [3.05, 3.63) is 0 Å². The van der Waals surface area contributed by atoms with E-state index in [4.69, 9.17) is 0 Å². The van der Waals surface area contributed by atoms with E-state index in [-0.39, 0.29) is 0 Å². The molecule has 1 aliphatic rings. The topological polar surface area (TPSA) is 12.0 Å². The molecular weight excluding hydrogens is 182 g/mol. The normalized spacial score (nSPS) is 20.8. The summed E-state index contributed by atoms with van der Waals surface area (Å²) in [4.78, 5) is 0. The molecule has 0 saturated heterocycles. The second kappa shape index (κ2) is 5.89. The second-order valence-electron chi connectivity index (χ2n) is 6.31. The van der Waals surface area contributed by atoms with Crippen molar-refractivity contribution in [2.45, 2.75) is 72.3 Å². The second-order valence-corrected chi connectivity index (χ2v) is 6.31. The van der Waals surface area contributed by atoms with Crippen LogP contribution in [0.1, 0.15) is 66.2 Å². The summed E-state index contributed by atoms with van der Waals surface area (Å²) in [6.07, 6.45) is 8.55. The monoisotopic (exact) mass is 211 g/mol. The first kappa shape index (κ1) is 13.0. The van der Waals surface area contributed by atoms with Crippen LogP contribution in [-0.4, -0.2) is 12.6 Å². The maximum atomic E-state index is 3.70. The van der Waals surface area contributed by atoms with Gasteiger partial charge in [-0.05, 0) is 43.6 Å². The summed E-state index contributed by atoms with van der Waals surface area (Å²) in [5.41, 5.74) is 0.492. The van der Waals surface area contributed by atoms with Crippen LogP contribution in [0.15, 0.2) is 0 Å². The molecule has 1 unspecified atom stereocenters. The molecule has 1 nitrogen and oxygen atoms in total. The van der Waals surface area contributed by atoms with Gasteiger partial charge in [-0.3, -0.25) is 0 Å². The van der Waals surface area contributed by atoms with Crippen LogP contribution in [0, 0.1) is 11.3 Å². The number of hydrogen-bond donors (Lipinski definition) is 1. The molecule has 1 rings (SSSR count).